The lowest BCUT2D eigenvalue weighted by molar-refractivity contribution is 0.140. The van der Waals surface area contributed by atoms with Gasteiger partial charge in [0.25, 0.3) is 0 Å². The molecule has 0 spiro atoms. The summed E-state index contributed by atoms with van der Waals surface area (Å²) in [4.78, 5) is 11.3. The molecular formula is C15H21N5O2. The molecule has 1 saturated carbocycles. The number of hydrogen-bond acceptors (Lipinski definition) is 4. The van der Waals surface area contributed by atoms with Crippen molar-refractivity contribution in [2.75, 3.05) is 7.05 Å². The van der Waals surface area contributed by atoms with Gasteiger partial charge in [-0.2, -0.15) is 0 Å². The minimum absolute atomic E-state index is 0.113. The lowest BCUT2D eigenvalue weighted by Gasteiger charge is -2.29. The summed E-state index contributed by atoms with van der Waals surface area (Å²) in [7, 11) is 1.63. The Balaban J connectivity index is 1.57. The number of carbonyl (C=O) groups excluding carboxylic acids is 1. The average Bonchev–Trinajstić information content (AvgIpc) is 2.90. The van der Waals surface area contributed by atoms with Crippen LogP contribution in [0.25, 0.3) is 5.65 Å². The monoisotopic (exact) mass is 303 g/mol. The van der Waals surface area contributed by atoms with Gasteiger partial charge in [0, 0.05) is 13.1 Å². The fraction of sp³-hybridized carbons (Fsp3) is 0.533. The number of ether oxygens (including phenoxy) is 1. The van der Waals surface area contributed by atoms with E-state index in [9.17, 15) is 4.79 Å². The zero-order valence-electron chi connectivity index (χ0n) is 12.9. The Morgan fingerprint density at radius 3 is 2.77 bits per heavy atom. The Hall–Kier alpha value is -2.31. The summed E-state index contributed by atoms with van der Waals surface area (Å²) in [6.45, 7) is 1.92. The van der Waals surface area contributed by atoms with Crippen LogP contribution in [-0.4, -0.2) is 39.8 Å². The Bertz CT molecular complexity index is 661. The first-order valence-corrected chi connectivity index (χ1v) is 7.62. The van der Waals surface area contributed by atoms with Crippen molar-refractivity contribution in [2.24, 2.45) is 0 Å². The fourth-order valence-corrected chi connectivity index (χ4v) is 2.83. The first-order valence-electron chi connectivity index (χ1n) is 7.62. The molecular weight excluding hydrogens is 282 g/mol. The number of amides is 2. The highest BCUT2D eigenvalue weighted by Gasteiger charge is 2.23. The van der Waals surface area contributed by atoms with Gasteiger partial charge in [0.2, 0.25) is 0 Å². The van der Waals surface area contributed by atoms with Crippen molar-refractivity contribution in [1.82, 2.24) is 25.2 Å². The fourth-order valence-electron chi connectivity index (χ4n) is 2.83. The minimum Gasteiger partial charge on any atom is -0.489 e. The molecule has 1 aliphatic carbocycles. The second-order valence-electron chi connectivity index (χ2n) is 5.66. The third-order valence-electron chi connectivity index (χ3n) is 4.08. The Morgan fingerprint density at radius 1 is 1.27 bits per heavy atom. The molecule has 0 atom stereocenters. The number of nitrogens with one attached hydrogen (secondary N) is 2. The van der Waals surface area contributed by atoms with E-state index in [0.29, 0.717) is 0 Å². The third-order valence-corrected chi connectivity index (χ3v) is 4.08. The predicted molar refractivity (Wildman–Crippen MR) is 82.0 cm³/mol. The van der Waals surface area contributed by atoms with Crippen molar-refractivity contribution in [2.45, 2.75) is 44.8 Å². The number of fused-ring (bicyclic) bond motifs is 1. The van der Waals surface area contributed by atoms with Crippen LogP contribution in [0.1, 0.15) is 31.5 Å². The van der Waals surface area contributed by atoms with Crippen LogP contribution in [-0.2, 0) is 0 Å². The number of aryl methyl sites for hydroxylation is 1. The SMILES string of the molecule is CNC(=O)NC1CCC(Oc2ccc3nnc(C)n3c2)CC1. The van der Waals surface area contributed by atoms with E-state index in [1.165, 1.54) is 0 Å². The topological polar surface area (TPSA) is 80.5 Å². The first-order chi connectivity index (χ1) is 10.7. The molecule has 0 radical (unpaired) electrons. The van der Waals surface area contributed by atoms with Crippen LogP contribution in [0.2, 0.25) is 0 Å². The highest BCUT2D eigenvalue weighted by atomic mass is 16.5. The van der Waals surface area contributed by atoms with E-state index in [2.05, 4.69) is 20.8 Å². The number of pyridine rings is 1. The van der Waals surface area contributed by atoms with Gasteiger partial charge in [-0.05, 0) is 44.7 Å². The summed E-state index contributed by atoms with van der Waals surface area (Å²) >= 11 is 0. The molecule has 7 heteroatoms. The Kier molecular flexibility index (Phi) is 4.13. The van der Waals surface area contributed by atoms with Crippen LogP contribution in [0.4, 0.5) is 4.79 Å². The first kappa shape index (κ1) is 14.6. The number of urea groups is 1. The van der Waals surface area contributed by atoms with Crippen LogP contribution in [0.3, 0.4) is 0 Å². The van der Waals surface area contributed by atoms with Crippen LogP contribution in [0.5, 0.6) is 5.75 Å². The van der Waals surface area contributed by atoms with Crippen LogP contribution >= 0.6 is 0 Å². The van der Waals surface area contributed by atoms with E-state index < -0.39 is 0 Å². The third kappa shape index (κ3) is 3.13. The lowest BCUT2D eigenvalue weighted by atomic mass is 9.93. The highest BCUT2D eigenvalue weighted by Crippen LogP contribution is 2.24. The molecule has 7 nitrogen and oxygen atoms in total. The van der Waals surface area contributed by atoms with E-state index >= 15 is 0 Å². The molecule has 1 fully saturated rings. The second kappa shape index (κ2) is 6.21. The van der Waals surface area contributed by atoms with Gasteiger partial charge >= 0.3 is 6.03 Å². The van der Waals surface area contributed by atoms with Gasteiger partial charge < -0.3 is 15.4 Å². The van der Waals surface area contributed by atoms with E-state index in [0.717, 1.165) is 42.9 Å². The molecule has 2 amide bonds. The van der Waals surface area contributed by atoms with Crippen molar-refractivity contribution in [3.8, 4) is 5.75 Å². The van der Waals surface area contributed by atoms with Gasteiger partial charge in [-0.15, -0.1) is 10.2 Å². The van der Waals surface area contributed by atoms with Crippen molar-refractivity contribution in [1.29, 1.82) is 0 Å². The van der Waals surface area contributed by atoms with Gasteiger partial charge in [0.1, 0.15) is 11.6 Å². The standard InChI is InChI=1S/C15H21N5O2/c1-10-18-19-14-8-7-13(9-20(10)14)22-12-5-3-11(4-6-12)17-15(21)16-2/h7-9,11-12H,3-6H2,1-2H3,(H2,16,17,21). The van der Waals surface area contributed by atoms with Crippen molar-refractivity contribution < 1.29 is 9.53 Å². The molecule has 0 bridgehead atoms. The van der Waals surface area contributed by atoms with Crippen LogP contribution in [0, 0.1) is 6.92 Å². The molecule has 0 unspecified atom stereocenters. The van der Waals surface area contributed by atoms with Gasteiger partial charge in [0.15, 0.2) is 5.65 Å². The molecule has 3 rings (SSSR count). The largest absolute Gasteiger partial charge is 0.489 e. The molecule has 1 aliphatic rings. The minimum atomic E-state index is -0.113. The molecule has 2 aromatic heterocycles. The smallest absolute Gasteiger partial charge is 0.314 e. The highest BCUT2D eigenvalue weighted by molar-refractivity contribution is 5.73. The molecule has 2 N–H and O–H groups in total. The maximum absolute atomic E-state index is 11.3. The second-order valence-corrected chi connectivity index (χ2v) is 5.66. The van der Waals surface area contributed by atoms with Crippen molar-refractivity contribution in [3.63, 3.8) is 0 Å². The van der Waals surface area contributed by atoms with Gasteiger partial charge in [-0.1, -0.05) is 0 Å². The van der Waals surface area contributed by atoms with E-state index in [4.69, 9.17) is 4.74 Å². The normalized spacial score (nSPS) is 21.5. The number of aromatic nitrogens is 3. The molecule has 2 heterocycles. The van der Waals surface area contributed by atoms with E-state index in [1.54, 1.807) is 7.05 Å². The maximum atomic E-state index is 11.3. The molecule has 22 heavy (non-hydrogen) atoms. The summed E-state index contributed by atoms with van der Waals surface area (Å²) in [5.41, 5.74) is 0.823. The zero-order chi connectivity index (χ0) is 15.5. The van der Waals surface area contributed by atoms with Crippen LogP contribution in [0.15, 0.2) is 18.3 Å². The molecule has 118 valence electrons. The molecule has 0 aliphatic heterocycles. The zero-order valence-corrected chi connectivity index (χ0v) is 12.9. The van der Waals surface area contributed by atoms with Gasteiger partial charge in [-0.3, -0.25) is 4.40 Å². The van der Waals surface area contributed by atoms with E-state index in [-0.39, 0.29) is 18.2 Å². The number of rotatable bonds is 3. The number of nitrogens with zero attached hydrogens (tertiary/aromatic N) is 3. The van der Waals surface area contributed by atoms with Gasteiger partial charge in [0.05, 0.1) is 12.3 Å². The van der Waals surface area contributed by atoms with Crippen LogP contribution < -0.4 is 15.4 Å². The summed E-state index contributed by atoms with van der Waals surface area (Å²) < 4.78 is 7.99. The summed E-state index contributed by atoms with van der Waals surface area (Å²) in [5, 5.41) is 13.6. The molecule has 0 saturated heterocycles. The lowest BCUT2D eigenvalue weighted by Crippen LogP contribution is -2.43. The Labute approximate surface area is 129 Å². The maximum Gasteiger partial charge on any atom is 0.314 e. The summed E-state index contributed by atoms with van der Waals surface area (Å²) in [5.74, 6) is 1.68. The van der Waals surface area contributed by atoms with E-state index in [1.807, 2.05) is 29.7 Å². The predicted octanol–water partition coefficient (Wildman–Crippen LogP) is 1.66. The molecule has 2 aromatic rings. The van der Waals surface area contributed by atoms with Crippen molar-refractivity contribution >= 4 is 11.7 Å². The number of hydrogen-bond donors (Lipinski definition) is 2. The van der Waals surface area contributed by atoms with Gasteiger partial charge in [-0.25, -0.2) is 4.79 Å². The number of carbonyl (C=O) groups is 1. The average molecular weight is 303 g/mol. The summed E-state index contributed by atoms with van der Waals surface area (Å²) in [6.07, 6.45) is 5.87. The quantitative estimate of drug-likeness (QED) is 0.903. The summed E-state index contributed by atoms with van der Waals surface area (Å²) in [6, 6.07) is 3.96. The van der Waals surface area contributed by atoms with Crippen molar-refractivity contribution in [3.05, 3.63) is 24.2 Å². The Morgan fingerprint density at radius 2 is 2.05 bits per heavy atom. The molecule has 0 aromatic carbocycles.